The third kappa shape index (κ3) is 2.65. The Morgan fingerprint density at radius 2 is 2.05 bits per heavy atom. The predicted octanol–water partition coefficient (Wildman–Crippen LogP) is 2.95. The van der Waals surface area contributed by atoms with Crippen LogP contribution in [0.1, 0.15) is 29.4 Å². The fraction of sp³-hybridized carbons (Fsp3) is 0.286. The van der Waals surface area contributed by atoms with Gasteiger partial charge >= 0.3 is 5.97 Å². The molecule has 4 nitrogen and oxygen atoms in total. The van der Waals surface area contributed by atoms with Gasteiger partial charge in [0.25, 0.3) is 0 Å². The van der Waals surface area contributed by atoms with Gasteiger partial charge in [-0.2, -0.15) is 5.10 Å². The van der Waals surface area contributed by atoms with Crippen molar-refractivity contribution in [1.82, 2.24) is 10.2 Å². The van der Waals surface area contributed by atoms with E-state index in [2.05, 4.69) is 10.2 Å². The number of H-pyrrole nitrogens is 1. The first-order valence-electron chi connectivity index (χ1n) is 6.08. The van der Waals surface area contributed by atoms with Gasteiger partial charge in [-0.1, -0.05) is 13.3 Å². The number of methoxy groups -OCH3 is 1. The number of rotatable bonds is 4. The summed E-state index contributed by atoms with van der Waals surface area (Å²) in [5.41, 5.74) is 2.35. The molecule has 0 unspecified atom stereocenters. The average molecular weight is 262 g/mol. The molecule has 0 spiro atoms. The SMILES string of the molecule is CCCc1[nH]nc(-c2ccc(F)cc2)c1C(=O)OC. The molecular formula is C14H15FN2O2. The van der Waals surface area contributed by atoms with Gasteiger partial charge in [0.2, 0.25) is 0 Å². The highest BCUT2D eigenvalue weighted by Crippen LogP contribution is 2.25. The molecule has 0 fully saturated rings. The summed E-state index contributed by atoms with van der Waals surface area (Å²) >= 11 is 0. The number of esters is 1. The standard InChI is InChI=1S/C14H15FN2O2/c1-3-4-11-12(14(18)19-2)13(17-16-11)9-5-7-10(15)8-6-9/h5-8H,3-4H2,1-2H3,(H,16,17). The maximum Gasteiger partial charge on any atom is 0.342 e. The zero-order valence-corrected chi connectivity index (χ0v) is 10.9. The Bertz CT molecular complexity index is 576. The van der Waals surface area contributed by atoms with E-state index in [-0.39, 0.29) is 5.82 Å². The topological polar surface area (TPSA) is 55.0 Å². The van der Waals surface area contributed by atoms with Crippen LogP contribution in [0.15, 0.2) is 24.3 Å². The van der Waals surface area contributed by atoms with E-state index >= 15 is 0 Å². The number of hydrogen-bond acceptors (Lipinski definition) is 3. The van der Waals surface area contributed by atoms with Crippen LogP contribution in [0, 0.1) is 5.82 Å². The molecular weight excluding hydrogens is 247 g/mol. The van der Waals surface area contributed by atoms with Gasteiger partial charge in [0.05, 0.1) is 12.8 Å². The van der Waals surface area contributed by atoms with Gasteiger partial charge in [-0.15, -0.1) is 0 Å². The van der Waals surface area contributed by atoms with E-state index in [0.29, 0.717) is 23.2 Å². The molecule has 2 aromatic rings. The Morgan fingerprint density at radius 1 is 1.37 bits per heavy atom. The highest BCUT2D eigenvalue weighted by Gasteiger charge is 2.21. The van der Waals surface area contributed by atoms with Crippen LogP contribution in [-0.4, -0.2) is 23.3 Å². The van der Waals surface area contributed by atoms with Crippen LogP contribution in [-0.2, 0) is 11.2 Å². The fourth-order valence-corrected chi connectivity index (χ4v) is 1.95. The molecule has 0 bridgehead atoms. The molecule has 0 aliphatic heterocycles. The number of carbonyl (C=O) groups excluding carboxylic acids is 1. The van der Waals surface area contributed by atoms with Crippen molar-refractivity contribution in [3.05, 3.63) is 41.3 Å². The zero-order valence-electron chi connectivity index (χ0n) is 10.9. The summed E-state index contributed by atoms with van der Waals surface area (Å²) in [7, 11) is 1.33. The van der Waals surface area contributed by atoms with Crippen molar-refractivity contribution in [2.75, 3.05) is 7.11 Å². The van der Waals surface area contributed by atoms with E-state index in [1.54, 1.807) is 12.1 Å². The molecule has 1 N–H and O–H groups in total. The molecule has 1 aromatic heterocycles. The number of carbonyl (C=O) groups is 1. The number of benzene rings is 1. The van der Waals surface area contributed by atoms with Crippen molar-refractivity contribution in [1.29, 1.82) is 0 Å². The molecule has 0 atom stereocenters. The minimum Gasteiger partial charge on any atom is -0.465 e. The molecule has 0 amide bonds. The first-order valence-corrected chi connectivity index (χ1v) is 6.08. The second-order valence-electron chi connectivity index (χ2n) is 4.17. The minimum absolute atomic E-state index is 0.326. The van der Waals surface area contributed by atoms with E-state index in [1.807, 2.05) is 6.92 Å². The number of halogens is 1. The van der Waals surface area contributed by atoms with Crippen molar-refractivity contribution >= 4 is 5.97 Å². The van der Waals surface area contributed by atoms with Crippen molar-refractivity contribution < 1.29 is 13.9 Å². The van der Waals surface area contributed by atoms with Gasteiger partial charge in [0, 0.05) is 5.56 Å². The lowest BCUT2D eigenvalue weighted by molar-refractivity contribution is 0.0600. The number of aromatic nitrogens is 2. The Labute approximate surface area is 110 Å². The quantitative estimate of drug-likeness (QED) is 0.862. The van der Waals surface area contributed by atoms with Crippen molar-refractivity contribution in [2.24, 2.45) is 0 Å². The van der Waals surface area contributed by atoms with Gasteiger partial charge in [-0.05, 0) is 30.7 Å². The van der Waals surface area contributed by atoms with Gasteiger partial charge in [0.1, 0.15) is 17.1 Å². The van der Waals surface area contributed by atoms with E-state index in [9.17, 15) is 9.18 Å². The number of hydrogen-bond donors (Lipinski definition) is 1. The number of ether oxygens (including phenoxy) is 1. The van der Waals surface area contributed by atoms with E-state index < -0.39 is 5.97 Å². The first-order chi connectivity index (χ1) is 9.17. The van der Waals surface area contributed by atoms with Crippen LogP contribution >= 0.6 is 0 Å². The number of nitrogens with one attached hydrogen (secondary N) is 1. The largest absolute Gasteiger partial charge is 0.465 e. The summed E-state index contributed by atoms with van der Waals surface area (Å²) in [6.07, 6.45) is 1.59. The van der Waals surface area contributed by atoms with Gasteiger partial charge < -0.3 is 4.74 Å². The molecule has 0 aliphatic rings. The van der Waals surface area contributed by atoms with Crippen LogP contribution in [0.3, 0.4) is 0 Å². The Hall–Kier alpha value is -2.17. The van der Waals surface area contributed by atoms with Crippen LogP contribution in [0.2, 0.25) is 0 Å². The summed E-state index contributed by atoms with van der Waals surface area (Å²) in [6.45, 7) is 2.01. The molecule has 100 valence electrons. The van der Waals surface area contributed by atoms with Crippen LogP contribution < -0.4 is 0 Å². The second kappa shape index (κ2) is 5.65. The number of aryl methyl sites for hydroxylation is 1. The van der Waals surface area contributed by atoms with E-state index in [1.165, 1.54) is 19.2 Å². The lowest BCUT2D eigenvalue weighted by Gasteiger charge is -2.03. The van der Waals surface area contributed by atoms with E-state index in [4.69, 9.17) is 4.74 Å². The molecule has 0 saturated heterocycles. The Kier molecular flexibility index (Phi) is 3.94. The molecule has 1 heterocycles. The van der Waals surface area contributed by atoms with E-state index in [0.717, 1.165) is 12.1 Å². The third-order valence-corrected chi connectivity index (χ3v) is 2.85. The molecule has 0 radical (unpaired) electrons. The van der Waals surface area contributed by atoms with Crippen molar-refractivity contribution in [2.45, 2.75) is 19.8 Å². The maximum atomic E-state index is 12.9. The van der Waals surface area contributed by atoms with Crippen LogP contribution in [0.5, 0.6) is 0 Å². The summed E-state index contributed by atoms with van der Waals surface area (Å²) in [6, 6.07) is 5.86. The molecule has 0 aliphatic carbocycles. The molecule has 2 rings (SSSR count). The van der Waals surface area contributed by atoms with Crippen molar-refractivity contribution in [3.63, 3.8) is 0 Å². The van der Waals surface area contributed by atoms with Crippen LogP contribution in [0.25, 0.3) is 11.3 Å². The van der Waals surface area contributed by atoms with Gasteiger partial charge in [-0.25, -0.2) is 9.18 Å². The summed E-state index contributed by atoms with van der Waals surface area (Å²) in [5, 5.41) is 7.01. The zero-order chi connectivity index (χ0) is 13.8. The van der Waals surface area contributed by atoms with Gasteiger partial charge in [-0.3, -0.25) is 5.10 Å². The second-order valence-corrected chi connectivity index (χ2v) is 4.17. The maximum absolute atomic E-state index is 12.9. The minimum atomic E-state index is -0.434. The highest BCUT2D eigenvalue weighted by molar-refractivity contribution is 5.97. The predicted molar refractivity (Wildman–Crippen MR) is 69.3 cm³/mol. The monoisotopic (exact) mass is 262 g/mol. The van der Waals surface area contributed by atoms with Crippen molar-refractivity contribution in [3.8, 4) is 11.3 Å². The molecule has 19 heavy (non-hydrogen) atoms. The fourth-order valence-electron chi connectivity index (χ4n) is 1.95. The molecule has 1 aromatic carbocycles. The highest BCUT2D eigenvalue weighted by atomic mass is 19.1. The summed E-state index contributed by atoms with van der Waals surface area (Å²) < 4.78 is 17.7. The number of aromatic amines is 1. The van der Waals surface area contributed by atoms with Gasteiger partial charge in [0.15, 0.2) is 0 Å². The molecule has 0 saturated carbocycles. The lowest BCUT2D eigenvalue weighted by Crippen LogP contribution is -2.05. The smallest absolute Gasteiger partial charge is 0.342 e. The third-order valence-electron chi connectivity index (χ3n) is 2.85. The number of nitrogens with zero attached hydrogens (tertiary/aromatic N) is 1. The average Bonchev–Trinajstić information content (AvgIpc) is 2.83. The normalized spacial score (nSPS) is 10.5. The lowest BCUT2D eigenvalue weighted by atomic mass is 10.0. The first kappa shape index (κ1) is 13.3. The summed E-state index contributed by atoms with van der Waals surface area (Å²) in [4.78, 5) is 11.9. The molecule has 5 heteroatoms. The Balaban J connectivity index is 2.50. The van der Waals surface area contributed by atoms with Crippen LogP contribution in [0.4, 0.5) is 4.39 Å². The Morgan fingerprint density at radius 3 is 2.63 bits per heavy atom. The summed E-state index contributed by atoms with van der Waals surface area (Å²) in [5.74, 6) is -0.760.